The Morgan fingerprint density at radius 1 is 1.00 bits per heavy atom. The predicted octanol–water partition coefficient (Wildman–Crippen LogP) is 4.11. The van der Waals surface area contributed by atoms with Crippen LogP contribution >= 0.6 is 0 Å². The summed E-state index contributed by atoms with van der Waals surface area (Å²) in [5.41, 5.74) is 0.978. The van der Waals surface area contributed by atoms with Crippen LogP contribution in [0.4, 0.5) is 14.5 Å². The largest absolute Gasteiger partial charge is 0.438 e. The van der Waals surface area contributed by atoms with Crippen molar-refractivity contribution in [1.82, 2.24) is 10.2 Å². The molecule has 25 heavy (non-hydrogen) atoms. The number of carbonyl (C=O) groups excluding carboxylic acids is 1. The van der Waals surface area contributed by atoms with E-state index < -0.39 is 17.5 Å². The van der Waals surface area contributed by atoms with Gasteiger partial charge in [-0.25, -0.2) is 8.78 Å². The lowest BCUT2D eigenvalue weighted by molar-refractivity contribution is 0.102. The van der Waals surface area contributed by atoms with Gasteiger partial charge >= 0.3 is 0 Å². The molecule has 3 rings (SSSR count). The number of hydrogen-bond donors (Lipinski definition) is 1. The van der Waals surface area contributed by atoms with Crippen molar-refractivity contribution in [1.29, 1.82) is 0 Å². The molecule has 0 aliphatic heterocycles. The lowest BCUT2D eigenvalue weighted by atomic mass is 10.2. The number of carbonyl (C=O) groups is 1. The molecule has 0 bridgehead atoms. The second-order valence-corrected chi connectivity index (χ2v) is 5.22. The molecule has 0 aliphatic rings. The Bertz CT molecular complexity index is 897. The van der Waals surface area contributed by atoms with Gasteiger partial charge in [0.15, 0.2) is 0 Å². The van der Waals surface area contributed by atoms with E-state index in [1.807, 2.05) is 6.92 Å². The second kappa shape index (κ2) is 7.04. The van der Waals surface area contributed by atoms with Gasteiger partial charge in [-0.2, -0.15) is 5.10 Å². The van der Waals surface area contributed by atoms with Gasteiger partial charge in [0.25, 0.3) is 5.91 Å². The van der Waals surface area contributed by atoms with Crippen LogP contribution in [0.15, 0.2) is 54.6 Å². The molecule has 1 N–H and O–H groups in total. The quantitative estimate of drug-likeness (QED) is 0.776. The van der Waals surface area contributed by atoms with Crippen molar-refractivity contribution in [3.63, 3.8) is 0 Å². The van der Waals surface area contributed by atoms with Crippen molar-refractivity contribution >= 4 is 11.6 Å². The number of hydrogen-bond acceptors (Lipinski definition) is 4. The normalized spacial score (nSPS) is 10.4. The maximum atomic E-state index is 13.6. The van der Waals surface area contributed by atoms with Crippen LogP contribution < -0.4 is 10.1 Å². The molecule has 0 saturated heterocycles. The Labute approximate surface area is 142 Å². The van der Waals surface area contributed by atoms with Crippen LogP contribution in [0, 0.1) is 18.6 Å². The van der Waals surface area contributed by atoms with Crippen LogP contribution in [0.5, 0.6) is 11.6 Å². The van der Waals surface area contributed by atoms with Gasteiger partial charge in [-0.1, -0.05) is 0 Å². The van der Waals surface area contributed by atoms with Crippen molar-refractivity contribution in [3.8, 4) is 11.6 Å². The highest BCUT2D eigenvalue weighted by atomic mass is 19.1. The van der Waals surface area contributed by atoms with Crippen LogP contribution in [0.2, 0.25) is 0 Å². The Kier molecular flexibility index (Phi) is 4.65. The fourth-order valence-corrected chi connectivity index (χ4v) is 2.04. The summed E-state index contributed by atoms with van der Waals surface area (Å²) in [5, 5.41) is 10.3. The third kappa shape index (κ3) is 4.14. The molecular weight excluding hydrogens is 328 g/mol. The molecular formula is C18H13F2N3O2. The molecule has 0 aliphatic carbocycles. The first-order valence-corrected chi connectivity index (χ1v) is 7.36. The van der Waals surface area contributed by atoms with E-state index in [1.165, 1.54) is 0 Å². The molecule has 1 aromatic heterocycles. The molecule has 0 radical (unpaired) electrons. The van der Waals surface area contributed by atoms with Crippen molar-refractivity contribution in [2.75, 3.05) is 5.32 Å². The van der Waals surface area contributed by atoms with E-state index in [0.717, 1.165) is 17.8 Å². The predicted molar refractivity (Wildman–Crippen MR) is 87.6 cm³/mol. The number of nitrogens with one attached hydrogen (secondary N) is 1. The Morgan fingerprint density at radius 3 is 2.40 bits per heavy atom. The molecule has 0 unspecified atom stereocenters. The number of amides is 1. The Balaban J connectivity index is 1.67. The van der Waals surface area contributed by atoms with E-state index in [9.17, 15) is 13.6 Å². The topological polar surface area (TPSA) is 64.1 Å². The third-order valence-electron chi connectivity index (χ3n) is 3.28. The lowest BCUT2D eigenvalue weighted by Gasteiger charge is -2.08. The van der Waals surface area contributed by atoms with Gasteiger partial charge in [-0.15, -0.1) is 5.10 Å². The van der Waals surface area contributed by atoms with Crippen molar-refractivity contribution < 1.29 is 18.3 Å². The lowest BCUT2D eigenvalue weighted by Crippen LogP contribution is -2.13. The minimum Gasteiger partial charge on any atom is -0.438 e. The number of benzene rings is 2. The van der Waals surface area contributed by atoms with Crippen molar-refractivity contribution in [2.24, 2.45) is 0 Å². The maximum absolute atomic E-state index is 13.6. The SMILES string of the molecule is Cc1ccc(Oc2ccc(NC(=O)c3ccc(F)cc3F)cc2)nn1. The monoisotopic (exact) mass is 341 g/mol. The first kappa shape index (κ1) is 16.5. The van der Waals surface area contributed by atoms with Crippen LogP contribution in [-0.4, -0.2) is 16.1 Å². The zero-order valence-corrected chi connectivity index (χ0v) is 13.2. The number of aryl methyl sites for hydroxylation is 1. The average Bonchev–Trinajstić information content (AvgIpc) is 2.58. The number of nitrogens with zero attached hydrogens (tertiary/aromatic N) is 2. The van der Waals surface area contributed by atoms with Crippen LogP contribution in [0.25, 0.3) is 0 Å². The molecule has 126 valence electrons. The maximum Gasteiger partial charge on any atom is 0.258 e. The minimum absolute atomic E-state index is 0.239. The summed E-state index contributed by atoms with van der Waals surface area (Å²) in [6.45, 7) is 1.82. The van der Waals surface area contributed by atoms with Gasteiger partial charge < -0.3 is 10.1 Å². The van der Waals surface area contributed by atoms with Gasteiger partial charge in [-0.05, 0) is 49.4 Å². The van der Waals surface area contributed by atoms with E-state index in [1.54, 1.807) is 36.4 Å². The third-order valence-corrected chi connectivity index (χ3v) is 3.28. The van der Waals surface area contributed by atoms with E-state index in [4.69, 9.17) is 4.74 Å². The number of rotatable bonds is 4. The number of ether oxygens (including phenoxy) is 1. The van der Waals surface area contributed by atoms with Crippen molar-refractivity contribution in [3.05, 3.63) is 77.5 Å². The molecule has 7 heteroatoms. The molecule has 0 saturated carbocycles. The van der Waals surface area contributed by atoms with Gasteiger partial charge in [-0.3, -0.25) is 4.79 Å². The number of aromatic nitrogens is 2. The van der Waals surface area contributed by atoms with E-state index in [-0.39, 0.29) is 5.56 Å². The minimum atomic E-state index is -0.921. The molecule has 1 heterocycles. The smallest absolute Gasteiger partial charge is 0.258 e. The molecule has 0 fully saturated rings. The van der Waals surface area contributed by atoms with Crippen LogP contribution in [-0.2, 0) is 0 Å². The first-order chi connectivity index (χ1) is 12.0. The summed E-state index contributed by atoms with van der Waals surface area (Å²) < 4.78 is 32.0. The highest BCUT2D eigenvalue weighted by molar-refractivity contribution is 6.04. The van der Waals surface area contributed by atoms with E-state index in [0.29, 0.717) is 23.4 Å². The van der Waals surface area contributed by atoms with Gasteiger partial charge in [0.05, 0.1) is 11.3 Å². The van der Waals surface area contributed by atoms with Gasteiger partial charge in [0.1, 0.15) is 17.4 Å². The number of halogens is 2. The molecule has 5 nitrogen and oxygen atoms in total. The number of anilines is 1. The van der Waals surface area contributed by atoms with Crippen LogP contribution in [0.1, 0.15) is 16.1 Å². The molecule has 0 spiro atoms. The highest BCUT2D eigenvalue weighted by Crippen LogP contribution is 2.21. The Morgan fingerprint density at radius 2 is 1.76 bits per heavy atom. The summed E-state index contributed by atoms with van der Waals surface area (Å²) in [7, 11) is 0. The first-order valence-electron chi connectivity index (χ1n) is 7.36. The summed E-state index contributed by atoms with van der Waals surface area (Å²) >= 11 is 0. The summed E-state index contributed by atoms with van der Waals surface area (Å²) in [5.74, 6) is -1.49. The summed E-state index contributed by atoms with van der Waals surface area (Å²) in [6, 6.07) is 12.7. The standard InChI is InChI=1S/C18H13F2N3O2/c1-11-2-9-17(23-22-11)25-14-6-4-13(5-7-14)21-18(24)15-8-3-12(19)10-16(15)20/h2-10H,1H3,(H,21,24). The molecule has 2 aromatic carbocycles. The van der Waals surface area contributed by atoms with Gasteiger partial charge in [0.2, 0.25) is 5.88 Å². The summed E-state index contributed by atoms with van der Waals surface area (Å²) in [6.07, 6.45) is 0. The highest BCUT2D eigenvalue weighted by Gasteiger charge is 2.12. The zero-order chi connectivity index (χ0) is 17.8. The summed E-state index contributed by atoms with van der Waals surface area (Å²) in [4.78, 5) is 12.0. The fraction of sp³-hybridized carbons (Fsp3) is 0.0556. The molecule has 3 aromatic rings. The van der Waals surface area contributed by atoms with Crippen LogP contribution in [0.3, 0.4) is 0 Å². The zero-order valence-electron chi connectivity index (χ0n) is 13.2. The van der Waals surface area contributed by atoms with Crippen molar-refractivity contribution in [2.45, 2.75) is 6.92 Å². The Hall–Kier alpha value is -3.35. The van der Waals surface area contributed by atoms with Gasteiger partial charge in [0, 0.05) is 17.8 Å². The fourth-order valence-electron chi connectivity index (χ4n) is 2.04. The molecule has 1 amide bonds. The molecule has 0 atom stereocenters. The second-order valence-electron chi connectivity index (χ2n) is 5.22. The van der Waals surface area contributed by atoms with E-state index >= 15 is 0 Å². The average molecular weight is 341 g/mol. The van der Waals surface area contributed by atoms with E-state index in [2.05, 4.69) is 15.5 Å².